The molecular formula is C16H25NaO4. The van der Waals surface area contributed by atoms with Crippen molar-refractivity contribution in [3.8, 4) is 0 Å². The summed E-state index contributed by atoms with van der Waals surface area (Å²) in [5, 5.41) is 11.0. The molecule has 1 aliphatic carbocycles. The minimum absolute atomic E-state index is 0. The molecule has 2 unspecified atom stereocenters. The fourth-order valence-corrected chi connectivity index (χ4v) is 2.68. The van der Waals surface area contributed by atoms with E-state index in [1.54, 1.807) is 0 Å². The number of unbranched alkanes of at least 4 members (excludes halogenated alkanes) is 3. The first-order valence-electron chi connectivity index (χ1n) is 7.65. The van der Waals surface area contributed by atoms with Crippen molar-refractivity contribution in [3.63, 3.8) is 0 Å². The fourth-order valence-electron chi connectivity index (χ4n) is 2.68. The van der Waals surface area contributed by atoms with Crippen molar-refractivity contribution >= 4 is 11.9 Å². The van der Waals surface area contributed by atoms with Crippen LogP contribution in [0.5, 0.6) is 0 Å². The van der Waals surface area contributed by atoms with Gasteiger partial charge in [-0.3, -0.25) is 4.79 Å². The van der Waals surface area contributed by atoms with Gasteiger partial charge in [0.1, 0.15) is 0 Å². The van der Waals surface area contributed by atoms with Crippen molar-refractivity contribution in [1.29, 1.82) is 0 Å². The summed E-state index contributed by atoms with van der Waals surface area (Å²) in [7, 11) is 0. The summed E-state index contributed by atoms with van der Waals surface area (Å²) in [6.45, 7) is 2.39. The van der Waals surface area contributed by atoms with E-state index in [4.69, 9.17) is 4.74 Å². The molecule has 4 nitrogen and oxygen atoms in total. The smallest absolute Gasteiger partial charge is 0.550 e. The molecule has 2 atom stereocenters. The molecule has 0 radical (unpaired) electrons. The molecule has 0 spiro atoms. The van der Waals surface area contributed by atoms with Gasteiger partial charge in [-0.15, -0.1) is 0 Å². The van der Waals surface area contributed by atoms with Crippen molar-refractivity contribution in [3.05, 3.63) is 12.2 Å². The Morgan fingerprint density at radius 3 is 2.43 bits per heavy atom. The average Bonchev–Trinajstić information content (AvgIpc) is 2.46. The Kier molecular flexibility index (Phi) is 12.1. The third-order valence-corrected chi connectivity index (χ3v) is 3.87. The van der Waals surface area contributed by atoms with E-state index in [-0.39, 0.29) is 35.5 Å². The standard InChI is InChI=1S/C16H26O4.Na/c1-2-3-4-5-6-9-12-20-16(19)14-11-8-7-10-13(14)15(17)18;/h2-3,13-14H,4-12H2,1H3,(H,17,18);/q;+1/p-1/b3-2+;. The Balaban J connectivity index is 0.00000400. The van der Waals surface area contributed by atoms with Gasteiger partial charge in [0.15, 0.2) is 0 Å². The molecule has 21 heavy (non-hydrogen) atoms. The van der Waals surface area contributed by atoms with Crippen molar-refractivity contribution in [2.45, 2.75) is 58.3 Å². The second-order valence-corrected chi connectivity index (χ2v) is 5.40. The maximum Gasteiger partial charge on any atom is 1.00 e. The van der Waals surface area contributed by atoms with Gasteiger partial charge in [0.25, 0.3) is 0 Å². The van der Waals surface area contributed by atoms with E-state index in [1.165, 1.54) is 0 Å². The molecule has 0 bridgehead atoms. The summed E-state index contributed by atoms with van der Waals surface area (Å²) in [4.78, 5) is 22.9. The van der Waals surface area contributed by atoms with Crippen molar-refractivity contribution in [2.75, 3.05) is 6.61 Å². The number of aliphatic carboxylic acids is 1. The molecule has 1 rings (SSSR count). The zero-order valence-corrected chi connectivity index (χ0v) is 15.3. The molecule has 0 aromatic rings. The van der Waals surface area contributed by atoms with Gasteiger partial charge in [0.2, 0.25) is 0 Å². The van der Waals surface area contributed by atoms with Gasteiger partial charge in [-0.2, -0.15) is 0 Å². The molecule has 0 aromatic carbocycles. The van der Waals surface area contributed by atoms with Crippen LogP contribution in [0.25, 0.3) is 0 Å². The first kappa shape index (κ1) is 20.7. The predicted octanol–water partition coefficient (Wildman–Crippen LogP) is -0.774. The van der Waals surface area contributed by atoms with Crippen molar-refractivity contribution in [2.24, 2.45) is 11.8 Å². The number of allylic oxidation sites excluding steroid dienone is 2. The Labute approximate surface area is 149 Å². The van der Waals surface area contributed by atoms with Crippen LogP contribution >= 0.6 is 0 Å². The van der Waals surface area contributed by atoms with Gasteiger partial charge >= 0.3 is 35.5 Å². The molecule has 0 aliphatic heterocycles. The molecule has 5 heteroatoms. The quantitative estimate of drug-likeness (QED) is 0.255. The van der Waals surface area contributed by atoms with E-state index in [0.29, 0.717) is 19.4 Å². The number of rotatable bonds is 8. The summed E-state index contributed by atoms with van der Waals surface area (Å²) >= 11 is 0. The van der Waals surface area contributed by atoms with Gasteiger partial charge in [-0.05, 0) is 45.4 Å². The van der Waals surface area contributed by atoms with Crippen LogP contribution in [0.3, 0.4) is 0 Å². The number of hydrogen-bond donors (Lipinski definition) is 0. The molecule has 114 valence electrons. The number of carboxylic acids is 1. The number of hydrogen-bond acceptors (Lipinski definition) is 4. The molecular weight excluding hydrogens is 279 g/mol. The summed E-state index contributed by atoms with van der Waals surface area (Å²) in [5.74, 6) is -2.63. The molecule has 0 N–H and O–H groups in total. The van der Waals surface area contributed by atoms with Crippen LogP contribution < -0.4 is 34.7 Å². The Hall–Kier alpha value is -0.320. The minimum Gasteiger partial charge on any atom is -0.550 e. The maximum atomic E-state index is 11.9. The van der Waals surface area contributed by atoms with E-state index in [9.17, 15) is 14.7 Å². The van der Waals surface area contributed by atoms with Crippen LogP contribution in [0, 0.1) is 11.8 Å². The van der Waals surface area contributed by atoms with Crippen LogP contribution in [0.15, 0.2) is 12.2 Å². The number of ether oxygens (including phenoxy) is 1. The molecule has 0 amide bonds. The van der Waals surface area contributed by atoms with Crippen molar-refractivity contribution in [1.82, 2.24) is 0 Å². The van der Waals surface area contributed by atoms with E-state index < -0.39 is 17.8 Å². The van der Waals surface area contributed by atoms with Gasteiger partial charge in [0.05, 0.1) is 12.5 Å². The van der Waals surface area contributed by atoms with E-state index in [0.717, 1.165) is 38.5 Å². The summed E-state index contributed by atoms with van der Waals surface area (Å²) in [6.07, 6.45) is 11.1. The van der Waals surface area contributed by atoms with Crippen LogP contribution in [0.2, 0.25) is 0 Å². The molecule has 1 saturated carbocycles. The van der Waals surface area contributed by atoms with Crippen LogP contribution in [0.1, 0.15) is 58.3 Å². The van der Waals surface area contributed by atoms with E-state index in [2.05, 4.69) is 6.08 Å². The molecule has 1 fully saturated rings. The summed E-state index contributed by atoms with van der Waals surface area (Å²) < 4.78 is 5.22. The van der Waals surface area contributed by atoms with Crippen molar-refractivity contribution < 1.29 is 49.0 Å². The Morgan fingerprint density at radius 1 is 1.14 bits per heavy atom. The zero-order valence-electron chi connectivity index (χ0n) is 13.3. The van der Waals surface area contributed by atoms with Crippen LogP contribution in [0.4, 0.5) is 0 Å². The van der Waals surface area contributed by atoms with Gasteiger partial charge in [-0.1, -0.05) is 25.0 Å². The topological polar surface area (TPSA) is 66.4 Å². The molecule has 0 saturated heterocycles. The number of carboxylic acid groups (broad SMARTS) is 1. The Morgan fingerprint density at radius 2 is 1.81 bits per heavy atom. The molecule has 0 aromatic heterocycles. The third-order valence-electron chi connectivity index (χ3n) is 3.87. The summed E-state index contributed by atoms with van der Waals surface area (Å²) in [6, 6.07) is 0. The zero-order chi connectivity index (χ0) is 14.8. The maximum absolute atomic E-state index is 11.9. The van der Waals surface area contributed by atoms with E-state index >= 15 is 0 Å². The predicted molar refractivity (Wildman–Crippen MR) is 74.7 cm³/mol. The van der Waals surface area contributed by atoms with Gasteiger partial charge in [0, 0.05) is 11.9 Å². The largest absolute Gasteiger partial charge is 1.00 e. The normalized spacial score (nSPS) is 21.8. The van der Waals surface area contributed by atoms with E-state index in [1.807, 2.05) is 13.0 Å². The number of carbonyl (C=O) groups excluding carboxylic acids is 2. The first-order valence-corrected chi connectivity index (χ1v) is 7.65. The fraction of sp³-hybridized carbons (Fsp3) is 0.750. The molecule has 1 aliphatic rings. The second-order valence-electron chi connectivity index (χ2n) is 5.40. The number of esters is 1. The van der Waals surface area contributed by atoms with Gasteiger partial charge in [-0.25, -0.2) is 0 Å². The monoisotopic (exact) mass is 304 g/mol. The number of carbonyl (C=O) groups is 2. The summed E-state index contributed by atoms with van der Waals surface area (Å²) in [5.41, 5.74) is 0. The average molecular weight is 304 g/mol. The second kappa shape index (κ2) is 12.2. The van der Waals surface area contributed by atoms with Crippen LogP contribution in [-0.4, -0.2) is 18.5 Å². The van der Waals surface area contributed by atoms with Gasteiger partial charge < -0.3 is 14.6 Å². The van der Waals surface area contributed by atoms with Crippen LogP contribution in [-0.2, 0) is 14.3 Å². The third kappa shape index (κ3) is 8.03. The molecule has 0 heterocycles. The SMILES string of the molecule is C/C=C/CCCCCOC(=O)C1CCCCC1C(=O)[O-].[Na+]. The first-order chi connectivity index (χ1) is 9.66. The Bertz CT molecular complexity index is 341. The minimum atomic E-state index is -1.11.